The van der Waals surface area contributed by atoms with Crippen molar-refractivity contribution >= 4 is 14.4 Å². The zero-order valence-electron chi connectivity index (χ0n) is 5.02. The van der Waals surface area contributed by atoms with E-state index in [4.69, 9.17) is 0 Å². The Labute approximate surface area is 47.3 Å². The Hall–Kier alpha value is 0.730. The SMILES string of the molecule is CP=P1(C)CCC1. The first-order valence-corrected chi connectivity index (χ1v) is 7.38. The highest BCUT2D eigenvalue weighted by Gasteiger charge is 2.18. The van der Waals surface area contributed by atoms with Crippen LogP contribution in [0.3, 0.4) is 0 Å². The monoisotopic (exact) mass is 134 g/mol. The second-order valence-electron chi connectivity index (χ2n) is 2.34. The van der Waals surface area contributed by atoms with E-state index in [1.54, 1.807) is 20.2 Å². The van der Waals surface area contributed by atoms with Gasteiger partial charge in [0.05, 0.1) is 0 Å². The Morgan fingerprint density at radius 3 is 2.00 bits per heavy atom. The molecule has 42 valence electrons. The molecule has 0 N–H and O–H groups in total. The van der Waals surface area contributed by atoms with Gasteiger partial charge < -0.3 is 0 Å². The van der Waals surface area contributed by atoms with Gasteiger partial charge in [0.25, 0.3) is 0 Å². The summed E-state index contributed by atoms with van der Waals surface area (Å²) >= 11 is 0. The molecule has 1 fully saturated rings. The van der Waals surface area contributed by atoms with Crippen LogP contribution in [0.2, 0.25) is 0 Å². The molecular weight excluding hydrogens is 122 g/mol. The molecule has 0 aromatic heterocycles. The Balaban J connectivity index is 2.61. The van der Waals surface area contributed by atoms with Gasteiger partial charge >= 0.3 is 0 Å². The van der Waals surface area contributed by atoms with Crippen molar-refractivity contribution < 1.29 is 0 Å². The lowest BCUT2D eigenvalue weighted by Gasteiger charge is -2.28. The smallest absolute Gasteiger partial charge is 0.0225 e. The first-order valence-electron chi connectivity index (χ1n) is 2.73. The van der Waals surface area contributed by atoms with Crippen LogP contribution in [0, 0.1) is 0 Å². The molecule has 0 radical (unpaired) electrons. The van der Waals surface area contributed by atoms with Gasteiger partial charge in [-0.25, -0.2) is 0 Å². The third-order valence-corrected chi connectivity index (χ3v) is 9.38. The Bertz CT molecular complexity index is 107. The van der Waals surface area contributed by atoms with Gasteiger partial charge in [-0.1, -0.05) is 6.55 Å². The minimum Gasteiger partial charge on any atom is -0.112 e. The topological polar surface area (TPSA) is 0 Å². The second kappa shape index (κ2) is 1.92. The largest absolute Gasteiger partial charge is 0.112 e. The van der Waals surface area contributed by atoms with E-state index in [9.17, 15) is 0 Å². The van der Waals surface area contributed by atoms with Crippen molar-refractivity contribution in [2.24, 2.45) is 0 Å². The normalized spacial score (nSPS) is 27.1. The number of hydrogen-bond donors (Lipinski definition) is 0. The van der Waals surface area contributed by atoms with E-state index >= 15 is 0 Å². The van der Waals surface area contributed by atoms with Crippen molar-refractivity contribution in [2.75, 3.05) is 25.7 Å². The summed E-state index contributed by atoms with van der Waals surface area (Å²) in [4.78, 5) is 0. The van der Waals surface area contributed by atoms with Crippen LogP contribution in [0.1, 0.15) is 6.42 Å². The summed E-state index contributed by atoms with van der Waals surface area (Å²) in [6.45, 7) is 4.55. The van der Waals surface area contributed by atoms with Crippen LogP contribution in [0.25, 0.3) is 0 Å². The van der Waals surface area contributed by atoms with E-state index in [2.05, 4.69) is 13.3 Å². The van der Waals surface area contributed by atoms with Crippen molar-refractivity contribution in [3.05, 3.63) is 0 Å². The maximum Gasteiger partial charge on any atom is -0.0225 e. The molecule has 1 aliphatic rings. The fraction of sp³-hybridized carbons (Fsp3) is 1.00. The molecule has 1 rings (SSSR count). The molecule has 0 amide bonds. The minimum absolute atomic E-state index is 0.252. The lowest BCUT2D eigenvalue weighted by molar-refractivity contribution is 1.02. The quantitative estimate of drug-likeness (QED) is 0.446. The van der Waals surface area contributed by atoms with Gasteiger partial charge in [-0.15, -0.1) is 7.87 Å². The van der Waals surface area contributed by atoms with Crippen molar-refractivity contribution in [3.8, 4) is 0 Å². The molecule has 0 aromatic carbocycles. The second-order valence-corrected chi connectivity index (χ2v) is 10.4. The number of rotatable bonds is 0. The molecule has 7 heavy (non-hydrogen) atoms. The molecule has 0 unspecified atom stereocenters. The van der Waals surface area contributed by atoms with Gasteiger partial charge in [0.1, 0.15) is 0 Å². The van der Waals surface area contributed by atoms with Crippen LogP contribution in [0.5, 0.6) is 0 Å². The summed E-state index contributed by atoms with van der Waals surface area (Å²) in [6, 6.07) is 0. The van der Waals surface area contributed by atoms with E-state index in [1.165, 1.54) is 6.42 Å². The maximum absolute atomic E-state index is 2.48. The van der Waals surface area contributed by atoms with Gasteiger partial charge in [-0.05, 0) is 32.1 Å². The van der Waals surface area contributed by atoms with Gasteiger partial charge in [-0.2, -0.15) is 0 Å². The average molecular weight is 134 g/mol. The van der Waals surface area contributed by atoms with E-state index in [1.807, 2.05) is 0 Å². The zero-order chi connectivity index (χ0) is 5.33. The fourth-order valence-electron chi connectivity index (χ4n) is 0.816. The molecular formula is C5H12P2. The van der Waals surface area contributed by atoms with Gasteiger partial charge in [0.15, 0.2) is 0 Å². The van der Waals surface area contributed by atoms with Crippen LogP contribution in [0.4, 0.5) is 0 Å². The number of hydrogen-bond acceptors (Lipinski definition) is 0. The molecule has 0 aliphatic carbocycles. The molecule has 0 spiro atoms. The molecule has 2 heteroatoms. The summed E-state index contributed by atoms with van der Waals surface area (Å²) in [7, 11) is 1.70. The van der Waals surface area contributed by atoms with Gasteiger partial charge in [0, 0.05) is 0 Å². The maximum atomic E-state index is 2.48. The van der Waals surface area contributed by atoms with E-state index in [0.29, 0.717) is 0 Å². The standard InChI is InChI=1S/C5H12P2/c1-6-7(2)4-3-5-7/h3-5H2,1-2H3. The highest BCUT2D eigenvalue weighted by atomic mass is 31.8. The first kappa shape index (κ1) is 5.86. The van der Waals surface area contributed by atoms with Crippen LogP contribution < -0.4 is 0 Å². The molecule has 1 heterocycles. The van der Waals surface area contributed by atoms with E-state index < -0.39 is 0 Å². The third-order valence-electron chi connectivity index (χ3n) is 1.76. The zero-order valence-corrected chi connectivity index (χ0v) is 6.80. The molecule has 1 saturated heterocycles. The van der Waals surface area contributed by atoms with E-state index in [-0.39, 0.29) is 6.55 Å². The third kappa shape index (κ3) is 1.09. The Morgan fingerprint density at radius 2 is 2.00 bits per heavy atom. The highest BCUT2D eigenvalue weighted by Crippen LogP contribution is 2.60. The lowest BCUT2D eigenvalue weighted by atomic mass is 10.5. The van der Waals surface area contributed by atoms with Gasteiger partial charge in [0.2, 0.25) is 0 Å². The van der Waals surface area contributed by atoms with E-state index in [0.717, 1.165) is 0 Å². The molecule has 0 bridgehead atoms. The van der Waals surface area contributed by atoms with Crippen LogP contribution >= 0.6 is 14.4 Å². The Morgan fingerprint density at radius 1 is 1.43 bits per heavy atom. The van der Waals surface area contributed by atoms with Crippen LogP contribution in [-0.4, -0.2) is 25.7 Å². The van der Waals surface area contributed by atoms with Crippen molar-refractivity contribution in [2.45, 2.75) is 6.42 Å². The molecule has 1 aliphatic heterocycles. The van der Waals surface area contributed by atoms with Crippen molar-refractivity contribution in [1.82, 2.24) is 0 Å². The summed E-state index contributed by atoms with van der Waals surface area (Å²) in [5, 5.41) is 0. The van der Waals surface area contributed by atoms with Crippen molar-refractivity contribution in [3.63, 3.8) is 0 Å². The predicted octanol–water partition coefficient (Wildman–Crippen LogP) is 2.53. The molecule has 0 aromatic rings. The minimum atomic E-state index is -0.252. The lowest BCUT2D eigenvalue weighted by Crippen LogP contribution is -2.04. The summed E-state index contributed by atoms with van der Waals surface area (Å²) in [5.41, 5.74) is 0. The van der Waals surface area contributed by atoms with Crippen molar-refractivity contribution in [1.29, 1.82) is 0 Å². The van der Waals surface area contributed by atoms with Crippen LogP contribution in [-0.2, 0) is 0 Å². The highest BCUT2D eigenvalue weighted by molar-refractivity contribution is 8.05. The first-order chi connectivity index (χ1) is 3.27. The molecule has 0 nitrogen and oxygen atoms in total. The molecule has 0 saturated carbocycles. The van der Waals surface area contributed by atoms with Gasteiger partial charge in [-0.3, -0.25) is 0 Å². The predicted molar refractivity (Wildman–Crippen MR) is 40.0 cm³/mol. The van der Waals surface area contributed by atoms with Crippen LogP contribution in [0.15, 0.2) is 0 Å². The summed E-state index contributed by atoms with van der Waals surface area (Å²) < 4.78 is 0. The molecule has 0 atom stereocenters. The summed E-state index contributed by atoms with van der Waals surface area (Å²) in [5.74, 6) is 0. The Kier molecular flexibility index (Phi) is 1.61. The summed E-state index contributed by atoms with van der Waals surface area (Å²) in [6.07, 6.45) is 4.67. The fourth-order valence-corrected chi connectivity index (χ4v) is 4.50. The average Bonchev–Trinajstić information content (AvgIpc) is 1.61.